The van der Waals surface area contributed by atoms with E-state index < -0.39 is 12.0 Å². The Balaban J connectivity index is 1.43. The van der Waals surface area contributed by atoms with Crippen molar-refractivity contribution in [2.75, 3.05) is 52.9 Å². The van der Waals surface area contributed by atoms with Crippen molar-refractivity contribution in [1.82, 2.24) is 20.4 Å². The molecule has 0 saturated heterocycles. The number of primary amides is 1. The zero-order chi connectivity index (χ0) is 22.3. The molecule has 170 valence electrons. The predicted molar refractivity (Wildman–Crippen MR) is 110 cm³/mol. The van der Waals surface area contributed by atoms with Gasteiger partial charge in [-0.2, -0.15) is 0 Å². The maximum absolute atomic E-state index is 10.8. The van der Waals surface area contributed by atoms with Crippen LogP contribution in [0.4, 0.5) is 0 Å². The summed E-state index contributed by atoms with van der Waals surface area (Å²) in [4.78, 5) is 10.8. The van der Waals surface area contributed by atoms with Crippen molar-refractivity contribution in [2.45, 2.75) is 20.0 Å². The summed E-state index contributed by atoms with van der Waals surface area (Å²) in [7, 11) is 0. The molecule has 1 heterocycles. The van der Waals surface area contributed by atoms with Crippen LogP contribution in [0.2, 0.25) is 0 Å². The molecule has 0 fully saturated rings. The smallest absolute Gasteiger partial charge is 0.246 e. The fourth-order valence-corrected chi connectivity index (χ4v) is 2.22. The Morgan fingerprint density at radius 3 is 1.90 bits per heavy atom. The van der Waals surface area contributed by atoms with Gasteiger partial charge in [0.15, 0.2) is 5.82 Å². The Morgan fingerprint density at radius 1 is 0.839 bits per heavy atom. The minimum atomic E-state index is -0.608. The maximum Gasteiger partial charge on any atom is 0.246 e. The molecule has 0 bridgehead atoms. The summed E-state index contributed by atoms with van der Waals surface area (Å²) < 4.78 is 27.0. The van der Waals surface area contributed by atoms with Crippen LogP contribution < -0.4 is 10.5 Å². The number of nitrogens with two attached hydrogens (primary N) is 1. The first-order valence-corrected chi connectivity index (χ1v) is 9.97. The van der Waals surface area contributed by atoms with Crippen LogP contribution in [-0.2, 0) is 23.7 Å². The third-order valence-electron chi connectivity index (χ3n) is 3.93. The van der Waals surface area contributed by atoms with Crippen LogP contribution >= 0.6 is 0 Å². The van der Waals surface area contributed by atoms with Crippen LogP contribution in [0.5, 0.6) is 5.75 Å². The molecular weight excluding hydrogens is 406 g/mol. The normalized spacial score (nSPS) is 11.9. The number of aryl methyl sites for hydroxylation is 1. The van der Waals surface area contributed by atoms with E-state index in [9.17, 15) is 4.79 Å². The molecule has 0 aliphatic carbocycles. The van der Waals surface area contributed by atoms with Crippen LogP contribution in [0.15, 0.2) is 24.3 Å². The van der Waals surface area contributed by atoms with Gasteiger partial charge < -0.3 is 29.4 Å². The van der Waals surface area contributed by atoms with Gasteiger partial charge in [0.2, 0.25) is 11.7 Å². The fourth-order valence-electron chi connectivity index (χ4n) is 2.22. The van der Waals surface area contributed by atoms with E-state index in [0.29, 0.717) is 64.5 Å². The van der Waals surface area contributed by atoms with Crippen molar-refractivity contribution in [3.05, 3.63) is 30.1 Å². The van der Waals surface area contributed by atoms with E-state index in [4.69, 9.17) is 29.4 Å². The fraction of sp³-hybridized carbons (Fsp3) is 0.550. The van der Waals surface area contributed by atoms with E-state index in [2.05, 4.69) is 20.4 Å². The van der Waals surface area contributed by atoms with E-state index in [-0.39, 0.29) is 0 Å². The minimum absolute atomic E-state index is 0.310. The molecule has 11 heteroatoms. The molecule has 11 nitrogen and oxygen atoms in total. The van der Waals surface area contributed by atoms with Gasteiger partial charge in [-0.1, -0.05) is 0 Å². The van der Waals surface area contributed by atoms with Gasteiger partial charge in [0.05, 0.1) is 46.2 Å². The Morgan fingerprint density at radius 2 is 1.35 bits per heavy atom. The highest BCUT2D eigenvalue weighted by molar-refractivity contribution is 5.78. The number of carbonyl (C=O) groups is 1. The molecule has 0 spiro atoms. The van der Waals surface area contributed by atoms with Gasteiger partial charge in [-0.25, -0.2) is 0 Å². The second-order valence-corrected chi connectivity index (χ2v) is 6.40. The van der Waals surface area contributed by atoms with Crippen molar-refractivity contribution in [3.63, 3.8) is 0 Å². The van der Waals surface area contributed by atoms with Crippen molar-refractivity contribution in [2.24, 2.45) is 5.73 Å². The largest absolute Gasteiger partial charge is 0.491 e. The lowest BCUT2D eigenvalue weighted by Gasteiger charge is -2.10. The second-order valence-electron chi connectivity index (χ2n) is 6.40. The number of nitrogens with zero attached hydrogens (tertiary/aromatic N) is 4. The highest BCUT2D eigenvalue weighted by atomic mass is 16.6. The number of hydrogen-bond donors (Lipinski definition) is 1. The van der Waals surface area contributed by atoms with Crippen molar-refractivity contribution >= 4 is 5.91 Å². The molecule has 31 heavy (non-hydrogen) atoms. The number of benzene rings is 1. The molecule has 1 aromatic heterocycles. The summed E-state index contributed by atoms with van der Waals surface area (Å²) in [5.74, 6) is 1.23. The zero-order valence-electron chi connectivity index (χ0n) is 17.9. The minimum Gasteiger partial charge on any atom is -0.491 e. The summed E-state index contributed by atoms with van der Waals surface area (Å²) in [5.41, 5.74) is 5.90. The lowest BCUT2D eigenvalue weighted by atomic mass is 10.2. The number of amides is 1. The summed E-state index contributed by atoms with van der Waals surface area (Å²) in [6.45, 7) is 6.72. The predicted octanol–water partition coefficient (Wildman–Crippen LogP) is 0.561. The van der Waals surface area contributed by atoms with Crippen molar-refractivity contribution in [1.29, 1.82) is 0 Å². The number of rotatable bonds is 16. The second kappa shape index (κ2) is 14.3. The Hall–Kier alpha value is -2.73. The van der Waals surface area contributed by atoms with Gasteiger partial charge in [-0.3, -0.25) is 4.79 Å². The third-order valence-corrected chi connectivity index (χ3v) is 3.93. The molecule has 1 aromatic carbocycles. The van der Waals surface area contributed by atoms with Gasteiger partial charge in [-0.15, -0.1) is 20.4 Å². The van der Waals surface area contributed by atoms with Gasteiger partial charge in [0.25, 0.3) is 0 Å². The van der Waals surface area contributed by atoms with Gasteiger partial charge in [0.1, 0.15) is 18.5 Å². The van der Waals surface area contributed by atoms with Crippen LogP contribution in [0.25, 0.3) is 11.4 Å². The summed E-state index contributed by atoms with van der Waals surface area (Å²) in [6.07, 6.45) is -0.608. The molecule has 1 amide bonds. The summed E-state index contributed by atoms with van der Waals surface area (Å²) in [5, 5.41) is 15.8. The van der Waals surface area contributed by atoms with E-state index >= 15 is 0 Å². The average Bonchev–Trinajstić information content (AvgIpc) is 2.77. The first kappa shape index (κ1) is 24.5. The molecule has 1 unspecified atom stereocenters. The Bertz CT molecular complexity index is 760. The highest BCUT2D eigenvalue weighted by Gasteiger charge is 2.07. The van der Waals surface area contributed by atoms with Gasteiger partial charge in [-0.05, 0) is 38.1 Å². The number of hydrogen-bond acceptors (Lipinski definition) is 10. The molecular formula is C20H29N5O6. The number of carbonyl (C=O) groups excluding carboxylic acids is 1. The van der Waals surface area contributed by atoms with Crippen molar-refractivity contribution < 1.29 is 28.5 Å². The van der Waals surface area contributed by atoms with E-state index in [1.165, 1.54) is 0 Å². The summed E-state index contributed by atoms with van der Waals surface area (Å²) in [6, 6.07) is 7.37. The Labute approximate surface area is 181 Å². The van der Waals surface area contributed by atoms with E-state index in [1.807, 2.05) is 24.3 Å². The molecule has 0 aliphatic rings. The lowest BCUT2D eigenvalue weighted by Crippen LogP contribution is -2.29. The van der Waals surface area contributed by atoms with Crippen LogP contribution in [0, 0.1) is 6.92 Å². The molecule has 0 radical (unpaired) electrons. The van der Waals surface area contributed by atoms with Crippen LogP contribution in [0.3, 0.4) is 0 Å². The Kier molecular flexibility index (Phi) is 11.3. The first-order chi connectivity index (χ1) is 15.1. The maximum atomic E-state index is 10.8. The van der Waals surface area contributed by atoms with Gasteiger partial charge >= 0.3 is 0 Å². The summed E-state index contributed by atoms with van der Waals surface area (Å²) >= 11 is 0. The molecule has 0 saturated carbocycles. The van der Waals surface area contributed by atoms with E-state index in [1.54, 1.807) is 13.8 Å². The molecule has 0 aliphatic heterocycles. The van der Waals surface area contributed by atoms with E-state index in [0.717, 1.165) is 11.3 Å². The first-order valence-electron chi connectivity index (χ1n) is 9.97. The molecule has 2 aromatic rings. The number of ether oxygens (including phenoxy) is 5. The van der Waals surface area contributed by atoms with Gasteiger partial charge in [0, 0.05) is 5.56 Å². The standard InChI is InChI=1S/C20H29N5O6/c1-15(19(21)26)30-13-11-28-9-7-27-8-10-29-12-14-31-18-5-3-17(4-6-18)20-24-22-16(2)23-25-20/h3-6,15H,7-14H2,1-2H3,(H2,21,26). The average molecular weight is 435 g/mol. The topological polar surface area (TPSA) is 141 Å². The lowest BCUT2D eigenvalue weighted by molar-refractivity contribution is -0.129. The van der Waals surface area contributed by atoms with Crippen LogP contribution in [-0.4, -0.2) is 85.3 Å². The number of aromatic nitrogens is 4. The molecule has 1 atom stereocenters. The molecule has 2 N–H and O–H groups in total. The van der Waals surface area contributed by atoms with Crippen LogP contribution in [0.1, 0.15) is 12.7 Å². The third kappa shape index (κ3) is 10.2. The zero-order valence-corrected chi connectivity index (χ0v) is 17.9. The highest BCUT2D eigenvalue weighted by Crippen LogP contribution is 2.18. The SMILES string of the molecule is Cc1nnc(-c2ccc(OCCOCCOCCOCCOC(C)C(N)=O)cc2)nn1. The van der Waals surface area contributed by atoms with Crippen molar-refractivity contribution in [3.8, 4) is 17.1 Å². The molecule has 2 rings (SSSR count). The monoisotopic (exact) mass is 435 g/mol. The quantitative estimate of drug-likeness (QED) is 0.372.